The van der Waals surface area contributed by atoms with Gasteiger partial charge in [0.25, 0.3) is 0 Å². The Morgan fingerprint density at radius 1 is 1.19 bits per heavy atom. The van der Waals surface area contributed by atoms with Crippen LogP contribution in [0.4, 0.5) is 0 Å². The molecular weight excluding hydrogens is 358 g/mol. The number of para-hydroxylation sites is 1. The number of ether oxygens (including phenoxy) is 3. The van der Waals surface area contributed by atoms with E-state index in [2.05, 4.69) is 10.2 Å². The summed E-state index contributed by atoms with van der Waals surface area (Å²) >= 11 is 6.18. The molecule has 0 bridgehead atoms. The molecule has 0 unspecified atom stereocenters. The van der Waals surface area contributed by atoms with Crippen molar-refractivity contribution >= 4 is 17.6 Å². The molecule has 132 valence electrons. The van der Waals surface area contributed by atoms with Crippen molar-refractivity contribution in [3.63, 3.8) is 0 Å². The van der Waals surface area contributed by atoms with Gasteiger partial charge in [-0.1, -0.05) is 29.8 Å². The molecule has 0 N–H and O–H groups in total. The first kappa shape index (κ1) is 16.4. The van der Waals surface area contributed by atoms with Gasteiger partial charge in [0.1, 0.15) is 19.8 Å². The number of esters is 1. The van der Waals surface area contributed by atoms with E-state index in [4.69, 9.17) is 25.8 Å². The third kappa shape index (κ3) is 3.34. The molecule has 0 saturated heterocycles. The lowest BCUT2D eigenvalue weighted by atomic mass is 10.2. The standard InChI is InChI=1S/C18H14ClN3O4/c19-14-8-12(9-16-17(14)25-7-6-24-16)11-26-18(23)15-10-20-22(21-15)13-4-2-1-3-5-13/h1-5,8-10H,6-7,11H2. The molecule has 1 aliphatic rings. The van der Waals surface area contributed by atoms with Crippen LogP contribution in [0.1, 0.15) is 16.1 Å². The van der Waals surface area contributed by atoms with Gasteiger partial charge in [0.2, 0.25) is 0 Å². The summed E-state index contributed by atoms with van der Waals surface area (Å²) in [5.41, 5.74) is 1.57. The minimum absolute atomic E-state index is 0.0351. The zero-order valence-corrected chi connectivity index (χ0v) is 14.3. The van der Waals surface area contributed by atoms with Crippen molar-refractivity contribution in [2.45, 2.75) is 6.61 Å². The lowest BCUT2D eigenvalue weighted by Crippen LogP contribution is -2.16. The molecule has 2 aromatic carbocycles. The van der Waals surface area contributed by atoms with Crippen LogP contribution < -0.4 is 9.47 Å². The number of rotatable bonds is 4. The highest BCUT2D eigenvalue weighted by Gasteiger charge is 2.18. The minimum atomic E-state index is -0.571. The van der Waals surface area contributed by atoms with Gasteiger partial charge < -0.3 is 14.2 Å². The zero-order chi connectivity index (χ0) is 17.9. The monoisotopic (exact) mass is 371 g/mol. The van der Waals surface area contributed by atoms with E-state index in [1.807, 2.05) is 30.3 Å². The number of hydrogen-bond acceptors (Lipinski definition) is 6. The highest BCUT2D eigenvalue weighted by molar-refractivity contribution is 6.32. The number of nitrogens with zero attached hydrogens (tertiary/aromatic N) is 3. The fourth-order valence-electron chi connectivity index (χ4n) is 2.51. The number of carbonyl (C=O) groups is 1. The highest BCUT2D eigenvalue weighted by atomic mass is 35.5. The molecular formula is C18H14ClN3O4. The number of carbonyl (C=O) groups excluding carboxylic acids is 1. The number of aromatic nitrogens is 3. The molecule has 26 heavy (non-hydrogen) atoms. The first-order valence-corrected chi connectivity index (χ1v) is 8.31. The molecule has 1 aliphatic heterocycles. The summed E-state index contributed by atoms with van der Waals surface area (Å²) < 4.78 is 16.3. The Hall–Kier alpha value is -3.06. The predicted molar refractivity (Wildman–Crippen MR) is 92.9 cm³/mol. The lowest BCUT2D eigenvalue weighted by Gasteiger charge is -2.20. The fourth-order valence-corrected chi connectivity index (χ4v) is 2.80. The Morgan fingerprint density at radius 2 is 2.00 bits per heavy atom. The Labute approximate surface area is 154 Å². The van der Waals surface area contributed by atoms with Crippen molar-refractivity contribution in [3.8, 4) is 17.2 Å². The topological polar surface area (TPSA) is 75.5 Å². The maximum atomic E-state index is 12.2. The summed E-state index contributed by atoms with van der Waals surface area (Å²) in [6.45, 7) is 0.945. The minimum Gasteiger partial charge on any atom is -0.486 e. The lowest BCUT2D eigenvalue weighted by molar-refractivity contribution is 0.0464. The zero-order valence-electron chi connectivity index (χ0n) is 13.6. The molecule has 0 fully saturated rings. The second-order valence-corrected chi connectivity index (χ2v) is 5.94. The van der Waals surface area contributed by atoms with Crippen LogP contribution in [0, 0.1) is 0 Å². The van der Waals surface area contributed by atoms with Crippen molar-refractivity contribution in [2.24, 2.45) is 0 Å². The Morgan fingerprint density at radius 3 is 2.85 bits per heavy atom. The van der Waals surface area contributed by atoms with Crippen molar-refractivity contribution in [1.82, 2.24) is 15.0 Å². The van der Waals surface area contributed by atoms with E-state index < -0.39 is 5.97 Å². The smallest absolute Gasteiger partial charge is 0.360 e. The summed E-state index contributed by atoms with van der Waals surface area (Å²) in [4.78, 5) is 13.6. The summed E-state index contributed by atoms with van der Waals surface area (Å²) in [6.07, 6.45) is 1.37. The maximum Gasteiger partial charge on any atom is 0.360 e. The van der Waals surface area contributed by atoms with Gasteiger partial charge in [0.15, 0.2) is 17.2 Å². The summed E-state index contributed by atoms with van der Waals surface area (Å²) in [7, 11) is 0. The van der Waals surface area contributed by atoms with E-state index >= 15 is 0 Å². The van der Waals surface area contributed by atoms with Crippen molar-refractivity contribution in [1.29, 1.82) is 0 Å². The molecule has 0 amide bonds. The molecule has 0 saturated carbocycles. The van der Waals surface area contributed by atoms with E-state index in [0.29, 0.717) is 35.3 Å². The van der Waals surface area contributed by atoms with E-state index in [1.54, 1.807) is 12.1 Å². The average molecular weight is 372 g/mol. The van der Waals surface area contributed by atoms with Crippen molar-refractivity contribution < 1.29 is 19.0 Å². The quantitative estimate of drug-likeness (QED) is 0.656. The Bertz CT molecular complexity index is 943. The van der Waals surface area contributed by atoms with Gasteiger partial charge in [-0.15, -0.1) is 5.10 Å². The molecule has 8 heteroatoms. The largest absolute Gasteiger partial charge is 0.486 e. The van der Waals surface area contributed by atoms with E-state index in [1.165, 1.54) is 11.0 Å². The normalized spacial score (nSPS) is 12.7. The van der Waals surface area contributed by atoms with Crippen LogP contribution in [0.5, 0.6) is 11.5 Å². The summed E-state index contributed by atoms with van der Waals surface area (Å²) in [5.74, 6) is 0.488. The van der Waals surface area contributed by atoms with Crippen LogP contribution in [-0.4, -0.2) is 34.2 Å². The van der Waals surface area contributed by atoms with Gasteiger partial charge in [-0.3, -0.25) is 0 Å². The average Bonchev–Trinajstić information content (AvgIpc) is 3.17. The SMILES string of the molecule is O=C(OCc1cc(Cl)c2c(c1)OCCO2)c1cnn(-c2ccccc2)n1. The molecule has 2 heterocycles. The van der Waals surface area contributed by atoms with E-state index in [0.717, 1.165) is 5.69 Å². The number of benzene rings is 2. The Kier molecular flexibility index (Phi) is 4.45. The first-order valence-electron chi connectivity index (χ1n) is 7.93. The fraction of sp³-hybridized carbons (Fsp3) is 0.167. The molecule has 0 spiro atoms. The van der Waals surface area contributed by atoms with E-state index in [9.17, 15) is 4.79 Å². The van der Waals surface area contributed by atoms with Crippen LogP contribution in [0.15, 0.2) is 48.7 Å². The number of fused-ring (bicyclic) bond motifs is 1. The van der Waals surface area contributed by atoms with Crippen LogP contribution in [0.3, 0.4) is 0 Å². The number of hydrogen-bond donors (Lipinski definition) is 0. The van der Waals surface area contributed by atoms with Crippen molar-refractivity contribution in [2.75, 3.05) is 13.2 Å². The van der Waals surface area contributed by atoms with Crippen molar-refractivity contribution in [3.05, 3.63) is 64.9 Å². The van der Waals surface area contributed by atoms with Crippen LogP contribution in [0.25, 0.3) is 5.69 Å². The van der Waals surface area contributed by atoms with Gasteiger partial charge in [0.05, 0.1) is 16.9 Å². The third-order valence-electron chi connectivity index (χ3n) is 3.71. The molecule has 1 aromatic heterocycles. The van der Waals surface area contributed by atoms with Gasteiger partial charge in [-0.2, -0.15) is 9.90 Å². The third-order valence-corrected chi connectivity index (χ3v) is 4.00. The summed E-state index contributed by atoms with van der Waals surface area (Å²) in [5, 5.41) is 8.64. The highest BCUT2D eigenvalue weighted by Crippen LogP contribution is 2.38. The van der Waals surface area contributed by atoms with Crippen LogP contribution >= 0.6 is 11.6 Å². The second-order valence-electron chi connectivity index (χ2n) is 5.53. The Balaban J connectivity index is 1.45. The first-order chi connectivity index (χ1) is 12.7. The molecule has 7 nitrogen and oxygen atoms in total. The van der Waals surface area contributed by atoms with Gasteiger partial charge in [0, 0.05) is 0 Å². The molecule has 0 atom stereocenters. The second kappa shape index (κ2) is 7.05. The van der Waals surface area contributed by atoms with Gasteiger partial charge >= 0.3 is 5.97 Å². The van der Waals surface area contributed by atoms with Gasteiger partial charge in [-0.05, 0) is 29.8 Å². The predicted octanol–water partition coefficient (Wildman–Crippen LogP) is 3.05. The summed E-state index contributed by atoms with van der Waals surface area (Å²) in [6, 6.07) is 12.7. The van der Waals surface area contributed by atoms with E-state index in [-0.39, 0.29) is 12.3 Å². The molecule has 0 aliphatic carbocycles. The van der Waals surface area contributed by atoms with Crippen LogP contribution in [-0.2, 0) is 11.3 Å². The molecule has 0 radical (unpaired) electrons. The maximum absolute atomic E-state index is 12.2. The molecule has 3 aromatic rings. The van der Waals surface area contributed by atoms with Gasteiger partial charge in [-0.25, -0.2) is 4.79 Å². The molecule has 4 rings (SSSR count). The van der Waals surface area contributed by atoms with Crippen LogP contribution in [0.2, 0.25) is 5.02 Å². The number of halogens is 1.